The van der Waals surface area contributed by atoms with Gasteiger partial charge in [-0.1, -0.05) is 38.6 Å². The molecule has 1 saturated heterocycles. The molecule has 1 aromatic carbocycles. The average Bonchev–Trinajstić information content (AvgIpc) is 2.59. The minimum atomic E-state index is -0.444. The molecule has 0 radical (unpaired) electrons. The second-order valence-corrected chi connectivity index (χ2v) is 5.85. The summed E-state index contributed by atoms with van der Waals surface area (Å²) in [7, 11) is 0. The molecule has 0 spiro atoms. The van der Waals surface area contributed by atoms with E-state index in [0.717, 1.165) is 0 Å². The Balaban J connectivity index is 2.14. The van der Waals surface area contributed by atoms with Gasteiger partial charge >= 0.3 is 5.97 Å². The zero-order chi connectivity index (χ0) is 16.8. The minimum Gasteiger partial charge on any atom is -0.499 e. The molecule has 5 nitrogen and oxygen atoms in total. The van der Waals surface area contributed by atoms with Crippen LogP contribution in [0, 0.1) is 11.8 Å². The van der Waals surface area contributed by atoms with Gasteiger partial charge in [-0.05, 0) is 18.1 Å². The molecule has 1 heterocycles. The largest absolute Gasteiger partial charge is 0.499 e. The highest BCUT2D eigenvalue weighted by Gasteiger charge is 2.43. The van der Waals surface area contributed by atoms with Crippen molar-refractivity contribution in [1.29, 1.82) is 0 Å². The van der Waals surface area contributed by atoms with Crippen LogP contribution in [0.25, 0.3) is 0 Å². The Kier molecular flexibility index (Phi) is 6.19. The molecule has 1 aromatic rings. The standard InChI is InChI=1S/C18H24O5/c1-4-21-11-16-17(13(3)12(2)15(10-19)22-16)23-18(20)14-8-6-5-7-9-14/h4-9,12-13,15-17,19H,1,10-11H2,2-3H3/t12-,13-,15+,16?,17+/m0/s1. The highest BCUT2D eigenvalue weighted by Crippen LogP contribution is 2.33. The van der Waals surface area contributed by atoms with Crippen molar-refractivity contribution in [3.8, 4) is 0 Å². The summed E-state index contributed by atoms with van der Waals surface area (Å²) in [5.41, 5.74) is 0.500. The minimum absolute atomic E-state index is 0.0342. The lowest BCUT2D eigenvalue weighted by Crippen LogP contribution is -2.53. The molecule has 1 N–H and O–H groups in total. The SMILES string of the molecule is C=COCC1O[C@H](CO)[C@@H](C)[C@H](C)[C@H]1OC(=O)c1ccccc1. The van der Waals surface area contributed by atoms with Crippen molar-refractivity contribution in [1.82, 2.24) is 0 Å². The highest BCUT2D eigenvalue weighted by molar-refractivity contribution is 5.89. The molecule has 5 heteroatoms. The number of rotatable bonds is 6. The number of aliphatic hydroxyl groups is 1. The molecule has 5 atom stereocenters. The number of aliphatic hydroxyl groups excluding tert-OH is 1. The molecule has 0 bridgehead atoms. The zero-order valence-electron chi connectivity index (χ0n) is 13.6. The van der Waals surface area contributed by atoms with Crippen LogP contribution in [0.15, 0.2) is 43.2 Å². The Labute approximate surface area is 136 Å². The number of hydrogen-bond donors (Lipinski definition) is 1. The Morgan fingerprint density at radius 1 is 1.26 bits per heavy atom. The van der Waals surface area contributed by atoms with E-state index in [9.17, 15) is 9.90 Å². The number of benzene rings is 1. The maximum atomic E-state index is 12.3. The van der Waals surface area contributed by atoms with E-state index in [1.165, 1.54) is 6.26 Å². The fourth-order valence-electron chi connectivity index (χ4n) is 2.86. The second kappa shape index (κ2) is 8.13. The maximum absolute atomic E-state index is 12.3. The molecule has 1 unspecified atom stereocenters. The van der Waals surface area contributed by atoms with Crippen LogP contribution in [0.4, 0.5) is 0 Å². The second-order valence-electron chi connectivity index (χ2n) is 5.85. The van der Waals surface area contributed by atoms with Gasteiger partial charge in [-0.15, -0.1) is 0 Å². The lowest BCUT2D eigenvalue weighted by atomic mass is 9.81. The number of carbonyl (C=O) groups excluding carboxylic acids is 1. The quantitative estimate of drug-likeness (QED) is 0.644. The molecule has 1 aliphatic heterocycles. The van der Waals surface area contributed by atoms with Gasteiger partial charge in [0.1, 0.15) is 18.8 Å². The number of esters is 1. The van der Waals surface area contributed by atoms with Crippen molar-refractivity contribution >= 4 is 5.97 Å². The van der Waals surface area contributed by atoms with E-state index in [2.05, 4.69) is 6.58 Å². The first-order chi connectivity index (χ1) is 11.1. The fourth-order valence-corrected chi connectivity index (χ4v) is 2.86. The van der Waals surface area contributed by atoms with E-state index in [1.54, 1.807) is 24.3 Å². The summed E-state index contributed by atoms with van der Waals surface area (Å²) in [6.07, 6.45) is 0.148. The van der Waals surface area contributed by atoms with Crippen LogP contribution in [-0.4, -0.2) is 42.6 Å². The summed E-state index contributed by atoms with van der Waals surface area (Å²) in [6, 6.07) is 8.86. The van der Waals surface area contributed by atoms with Crippen LogP contribution >= 0.6 is 0 Å². The van der Waals surface area contributed by atoms with Crippen molar-refractivity contribution in [2.45, 2.75) is 32.2 Å². The first kappa shape index (κ1) is 17.5. The van der Waals surface area contributed by atoms with Gasteiger partial charge < -0.3 is 19.3 Å². The van der Waals surface area contributed by atoms with E-state index in [1.807, 2.05) is 19.9 Å². The first-order valence-corrected chi connectivity index (χ1v) is 7.83. The zero-order valence-corrected chi connectivity index (χ0v) is 13.6. The fraction of sp³-hybridized carbons (Fsp3) is 0.500. The van der Waals surface area contributed by atoms with Crippen molar-refractivity contribution in [2.24, 2.45) is 11.8 Å². The van der Waals surface area contributed by atoms with Gasteiger partial charge in [0.15, 0.2) is 0 Å². The third-order valence-corrected chi connectivity index (χ3v) is 4.46. The number of carbonyl (C=O) groups is 1. The van der Waals surface area contributed by atoms with Crippen LogP contribution in [0.5, 0.6) is 0 Å². The van der Waals surface area contributed by atoms with E-state index in [4.69, 9.17) is 14.2 Å². The van der Waals surface area contributed by atoms with E-state index < -0.39 is 12.2 Å². The molecule has 0 amide bonds. The Hall–Kier alpha value is -1.85. The normalized spacial score (nSPS) is 30.5. The van der Waals surface area contributed by atoms with Crippen LogP contribution in [0.3, 0.4) is 0 Å². The smallest absolute Gasteiger partial charge is 0.338 e. The molecule has 0 aromatic heterocycles. The summed E-state index contributed by atoms with van der Waals surface area (Å²) in [6.45, 7) is 7.65. The van der Waals surface area contributed by atoms with E-state index in [-0.39, 0.29) is 37.1 Å². The predicted molar refractivity (Wildman–Crippen MR) is 85.9 cm³/mol. The van der Waals surface area contributed by atoms with Crippen molar-refractivity contribution in [3.05, 3.63) is 48.7 Å². The molecular formula is C18H24O5. The van der Waals surface area contributed by atoms with Gasteiger partial charge in [0.25, 0.3) is 0 Å². The Morgan fingerprint density at radius 3 is 2.57 bits per heavy atom. The molecule has 0 saturated carbocycles. The third kappa shape index (κ3) is 4.12. The summed E-state index contributed by atoms with van der Waals surface area (Å²) in [5.74, 6) is -0.287. The topological polar surface area (TPSA) is 65.0 Å². The molecule has 2 rings (SSSR count). The van der Waals surface area contributed by atoms with Crippen molar-refractivity contribution in [2.75, 3.05) is 13.2 Å². The molecular weight excluding hydrogens is 296 g/mol. The van der Waals surface area contributed by atoms with E-state index >= 15 is 0 Å². The lowest BCUT2D eigenvalue weighted by Gasteiger charge is -2.43. The van der Waals surface area contributed by atoms with Crippen LogP contribution < -0.4 is 0 Å². The van der Waals surface area contributed by atoms with Gasteiger partial charge in [0.2, 0.25) is 0 Å². The molecule has 0 aliphatic carbocycles. The van der Waals surface area contributed by atoms with Crippen molar-refractivity contribution in [3.63, 3.8) is 0 Å². The predicted octanol–water partition coefficient (Wildman–Crippen LogP) is 2.40. The highest BCUT2D eigenvalue weighted by atomic mass is 16.6. The lowest BCUT2D eigenvalue weighted by molar-refractivity contribution is -0.190. The Bertz CT molecular complexity index is 515. The van der Waals surface area contributed by atoms with Gasteiger partial charge in [0.05, 0.1) is 24.5 Å². The van der Waals surface area contributed by atoms with Crippen molar-refractivity contribution < 1.29 is 24.1 Å². The van der Waals surface area contributed by atoms with Crippen LogP contribution in [0.2, 0.25) is 0 Å². The third-order valence-electron chi connectivity index (χ3n) is 4.46. The Morgan fingerprint density at radius 2 is 1.96 bits per heavy atom. The van der Waals surface area contributed by atoms with Crippen LogP contribution in [0.1, 0.15) is 24.2 Å². The maximum Gasteiger partial charge on any atom is 0.338 e. The monoisotopic (exact) mass is 320 g/mol. The summed E-state index contributed by atoms with van der Waals surface area (Å²) >= 11 is 0. The number of hydrogen-bond acceptors (Lipinski definition) is 5. The van der Waals surface area contributed by atoms with Gasteiger partial charge in [0, 0.05) is 5.92 Å². The molecule has 1 fully saturated rings. The van der Waals surface area contributed by atoms with E-state index in [0.29, 0.717) is 5.56 Å². The van der Waals surface area contributed by atoms with Gasteiger partial charge in [-0.25, -0.2) is 4.79 Å². The molecule has 126 valence electrons. The van der Waals surface area contributed by atoms with Gasteiger partial charge in [-0.2, -0.15) is 0 Å². The van der Waals surface area contributed by atoms with Gasteiger partial charge in [-0.3, -0.25) is 0 Å². The first-order valence-electron chi connectivity index (χ1n) is 7.83. The molecule has 23 heavy (non-hydrogen) atoms. The molecule has 1 aliphatic rings. The summed E-state index contributed by atoms with van der Waals surface area (Å²) in [4.78, 5) is 12.3. The number of ether oxygens (including phenoxy) is 3. The summed E-state index contributed by atoms with van der Waals surface area (Å²) < 4.78 is 16.8. The average molecular weight is 320 g/mol. The van der Waals surface area contributed by atoms with Crippen LogP contribution in [-0.2, 0) is 14.2 Å². The summed E-state index contributed by atoms with van der Waals surface area (Å²) in [5, 5.41) is 9.47.